The lowest BCUT2D eigenvalue weighted by Crippen LogP contribution is -2.29. The number of nitrogens with zero attached hydrogens (tertiary/aromatic N) is 1. The lowest BCUT2D eigenvalue weighted by molar-refractivity contribution is -0.145. The van der Waals surface area contributed by atoms with Crippen molar-refractivity contribution < 1.29 is 19.1 Å². The second kappa shape index (κ2) is 9.70. The van der Waals surface area contributed by atoms with Gasteiger partial charge in [0.15, 0.2) is 6.61 Å². The summed E-state index contributed by atoms with van der Waals surface area (Å²) in [4.78, 5) is 23.6. The molecular weight excluding hydrogens is 308 g/mol. The van der Waals surface area contributed by atoms with Gasteiger partial charge in [-0.1, -0.05) is 13.0 Å². The quantitative estimate of drug-likeness (QED) is 0.450. The number of hydrogen-bond donors (Lipinski definition) is 1. The van der Waals surface area contributed by atoms with E-state index < -0.39 is 5.92 Å². The van der Waals surface area contributed by atoms with E-state index in [2.05, 4.69) is 10.5 Å². The predicted octanol–water partition coefficient (Wildman–Crippen LogP) is 2.76. The Hall–Kier alpha value is -2.37. The lowest BCUT2D eigenvalue weighted by atomic mass is 10.0. The fourth-order valence-electron chi connectivity index (χ4n) is 2.30. The monoisotopic (exact) mass is 334 g/mol. The van der Waals surface area contributed by atoms with Crippen LogP contribution in [0.2, 0.25) is 0 Å². The molecule has 1 aromatic rings. The van der Waals surface area contributed by atoms with Gasteiger partial charge in [0.1, 0.15) is 5.75 Å². The van der Waals surface area contributed by atoms with E-state index in [1.165, 1.54) is 0 Å². The fraction of sp³-hybridized carbons (Fsp3) is 0.500. The molecule has 1 amide bonds. The van der Waals surface area contributed by atoms with E-state index in [1.807, 2.05) is 39.0 Å². The van der Waals surface area contributed by atoms with E-state index in [9.17, 15) is 9.59 Å². The number of carbonyl (C=O) groups excluding carboxylic acids is 2. The molecule has 6 heteroatoms. The highest BCUT2D eigenvalue weighted by Crippen LogP contribution is 2.16. The van der Waals surface area contributed by atoms with E-state index in [0.29, 0.717) is 24.5 Å². The van der Waals surface area contributed by atoms with Gasteiger partial charge in [0.2, 0.25) is 0 Å². The van der Waals surface area contributed by atoms with Crippen LogP contribution in [0.5, 0.6) is 5.75 Å². The number of esters is 1. The molecule has 132 valence electrons. The zero-order chi connectivity index (χ0) is 18.1. The van der Waals surface area contributed by atoms with Gasteiger partial charge in [-0.05, 0) is 57.4 Å². The van der Waals surface area contributed by atoms with Crippen LogP contribution in [0.1, 0.15) is 38.3 Å². The molecule has 0 bridgehead atoms. The number of carbonyl (C=O) groups is 2. The van der Waals surface area contributed by atoms with Crippen molar-refractivity contribution in [3.63, 3.8) is 0 Å². The van der Waals surface area contributed by atoms with Crippen LogP contribution in [0.4, 0.5) is 0 Å². The maximum Gasteiger partial charge on any atom is 0.314 e. The minimum absolute atomic E-state index is 0.143. The number of rotatable bonds is 8. The average Bonchev–Trinajstić information content (AvgIpc) is 2.51. The summed E-state index contributed by atoms with van der Waals surface area (Å²) < 4.78 is 10.5. The Morgan fingerprint density at radius 3 is 2.33 bits per heavy atom. The summed E-state index contributed by atoms with van der Waals surface area (Å²) in [5.41, 5.74) is 5.06. The molecule has 24 heavy (non-hydrogen) atoms. The van der Waals surface area contributed by atoms with E-state index in [1.54, 1.807) is 13.8 Å². The Labute approximate surface area is 143 Å². The van der Waals surface area contributed by atoms with Gasteiger partial charge in [0.05, 0.1) is 12.5 Å². The fourth-order valence-corrected chi connectivity index (χ4v) is 2.30. The predicted molar refractivity (Wildman–Crippen MR) is 93.1 cm³/mol. The molecule has 1 aromatic carbocycles. The van der Waals surface area contributed by atoms with Gasteiger partial charge in [0.25, 0.3) is 5.91 Å². The minimum atomic E-state index is -0.453. The number of benzene rings is 1. The normalized spacial score (nSPS) is 12.5. The summed E-state index contributed by atoms with van der Waals surface area (Å²) in [6.07, 6.45) is 0.559. The maximum absolute atomic E-state index is 11.8. The van der Waals surface area contributed by atoms with Crippen LogP contribution in [-0.2, 0) is 14.3 Å². The first-order chi connectivity index (χ1) is 11.4. The van der Waals surface area contributed by atoms with Crippen molar-refractivity contribution in [3.8, 4) is 5.75 Å². The Morgan fingerprint density at radius 2 is 1.79 bits per heavy atom. The van der Waals surface area contributed by atoms with Crippen LogP contribution < -0.4 is 10.2 Å². The average molecular weight is 334 g/mol. The van der Waals surface area contributed by atoms with E-state index in [0.717, 1.165) is 11.1 Å². The van der Waals surface area contributed by atoms with Crippen molar-refractivity contribution in [1.82, 2.24) is 5.43 Å². The molecule has 0 aliphatic heterocycles. The first kappa shape index (κ1) is 19.7. The first-order valence-corrected chi connectivity index (χ1v) is 8.08. The molecule has 1 rings (SSSR count). The van der Waals surface area contributed by atoms with Crippen LogP contribution in [0.3, 0.4) is 0 Å². The molecule has 0 saturated heterocycles. The van der Waals surface area contributed by atoms with Gasteiger partial charge in [0, 0.05) is 5.71 Å². The molecule has 0 fully saturated rings. The van der Waals surface area contributed by atoms with Gasteiger partial charge in [-0.3, -0.25) is 9.59 Å². The van der Waals surface area contributed by atoms with E-state index in [4.69, 9.17) is 9.47 Å². The molecule has 0 radical (unpaired) electrons. The molecule has 1 atom stereocenters. The molecule has 0 aliphatic rings. The van der Waals surface area contributed by atoms with Crippen LogP contribution in [0.25, 0.3) is 0 Å². The van der Waals surface area contributed by atoms with Gasteiger partial charge in [-0.2, -0.15) is 5.10 Å². The number of amides is 1. The number of ether oxygens (including phenoxy) is 2. The van der Waals surface area contributed by atoms with Crippen LogP contribution in [-0.4, -0.2) is 30.8 Å². The summed E-state index contributed by atoms with van der Waals surface area (Å²) in [5.74, 6) is -0.527. The zero-order valence-electron chi connectivity index (χ0n) is 15.0. The second-order valence-corrected chi connectivity index (χ2v) is 5.61. The standard InChI is InChI=1S/C18H26N2O4/c1-6-16(18(22)23-7-2)14(5)19-20-17(21)11-24-15-9-12(3)8-13(4)10-15/h8-10,16H,6-7,11H2,1-5H3,(H,20,21)/b19-14+/t16-/m0/s1. The lowest BCUT2D eigenvalue weighted by Gasteiger charge is -2.13. The molecule has 6 nitrogen and oxygen atoms in total. The first-order valence-electron chi connectivity index (χ1n) is 8.08. The largest absolute Gasteiger partial charge is 0.484 e. The van der Waals surface area contributed by atoms with Crippen LogP contribution in [0.15, 0.2) is 23.3 Å². The Morgan fingerprint density at radius 1 is 1.17 bits per heavy atom. The Kier molecular flexibility index (Phi) is 7.95. The molecule has 0 aromatic heterocycles. The highest BCUT2D eigenvalue weighted by Gasteiger charge is 2.21. The Bertz CT molecular complexity index is 591. The third-order valence-electron chi connectivity index (χ3n) is 3.41. The maximum atomic E-state index is 11.8. The SMILES string of the molecule is CCOC(=O)[C@@H](CC)/C(C)=N/NC(=O)COc1cc(C)cc(C)c1. The van der Waals surface area contributed by atoms with Gasteiger partial charge in [-0.25, -0.2) is 5.43 Å². The van der Waals surface area contributed by atoms with Crippen LogP contribution in [0, 0.1) is 19.8 Å². The molecule has 0 unspecified atom stereocenters. The summed E-state index contributed by atoms with van der Waals surface area (Å²) in [5, 5.41) is 3.98. The molecular formula is C18H26N2O4. The summed E-state index contributed by atoms with van der Waals surface area (Å²) in [6, 6.07) is 5.76. The van der Waals surface area contributed by atoms with E-state index in [-0.39, 0.29) is 18.5 Å². The molecule has 1 N–H and O–H groups in total. The number of nitrogens with one attached hydrogen (secondary N) is 1. The van der Waals surface area contributed by atoms with Gasteiger partial charge < -0.3 is 9.47 Å². The zero-order valence-corrected chi connectivity index (χ0v) is 15.0. The van der Waals surface area contributed by atoms with Crippen molar-refractivity contribution in [2.45, 2.75) is 41.0 Å². The third-order valence-corrected chi connectivity index (χ3v) is 3.41. The molecule has 0 saturated carbocycles. The third kappa shape index (κ3) is 6.40. The summed E-state index contributed by atoms with van der Waals surface area (Å²) >= 11 is 0. The van der Waals surface area contributed by atoms with Gasteiger partial charge in [-0.15, -0.1) is 0 Å². The van der Waals surface area contributed by atoms with Crippen molar-refractivity contribution >= 4 is 17.6 Å². The Balaban J connectivity index is 2.56. The summed E-state index contributed by atoms with van der Waals surface area (Å²) in [7, 11) is 0. The van der Waals surface area contributed by atoms with Crippen molar-refractivity contribution in [3.05, 3.63) is 29.3 Å². The number of aryl methyl sites for hydroxylation is 2. The minimum Gasteiger partial charge on any atom is -0.484 e. The summed E-state index contributed by atoms with van der Waals surface area (Å²) in [6.45, 7) is 9.42. The molecule has 0 spiro atoms. The second-order valence-electron chi connectivity index (χ2n) is 5.61. The number of hydrazone groups is 1. The van der Waals surface area contributed by atoms with Crippen molar-refractivity contribution in [1.29, 1.82) is 0 Å². The highest BCUT2D eigenvalue weighted by molar-refractivity contribution is 6.01. The van der Waals surface area contributed by atoms with Gasteiger partial charge >= 0.3 is 5.97 Å². The molecule has 0 heterocycles. The van der Waals surface area contributed by atoms with Crippen LogP contribution >= 0.6 is 0 Å². The van der Waals surface area contributed by atoms with Crippen molar-refractivity contribution in [2.24, 2.45) is 11.0 Å². The highest BCUT2D eigenvalue weighted by atomic mass is 16.5. The molecule has 0 aliphatic carbocycles. The topological polar surface area (TPSA) is 77.0 Å². The number of hydrogen-bond acceptors (Lipinski definition) is 5. The smallest absolute Gasteiger partial charge is 0.314 e. The van der Waals surface area contributed by atoms with E-state index >= 15 is 0 Å². The van der Waals surface area contributed by atoms with Crippen molar-refractivity contribution in [2.75, 3.05) is 13.2 Å².